The molecule has 0 aromatic heterocycles. The van der Waals surface area contributed by atoms with Gasteiger partial charge in [0.25, 0.3) is 0 Å². The first-order chi connectivity index (χ1) is 8.24. The van der Waals surface area contributed by atoms with E-state index in [2.05, 4.69) is 20.8 Å². The molecule has 0 fully saturated rings. The van der Waals surface area contributed by atoms with Crippen LogP contribution in [0.15, 0.2) is 0 Å². The van der Waals surface area contributed by atoms with Crippen LogP contribution in [-0.2, 0) is 19.7 Å². The number of hydrogen-bond acceptors (Lipinski definition) is 3. The van der Waals surface area contributed by atoms with Crippen LogP contribution < -0.4 is 0 Å². The van der Waals surface area contributed by atoms with Crippen LogP contribution in [0, 0.1) is 5.92 Å². The number of rotatable bonds is 12. The van der Waals surface area contributed by atoms with Gasteiger partial charge in [-0.2, -0.15) is 4.21 Å². The normalized spacial score (nSPS) is 14.8. The third-order valence-electron chi connectivity index (χ3n) is 2.87. The Morgan fingerprint density at radius 2 is 1.71 bits per heavy atom. The Labute approximate surface area is 109 Å². The summed E-state index contributed by atoms with van der Waals surface area (Å²) in [5, 5.41) is 0. The Balaban J connectivity index is 3.52. The summed E-state index contributed by atoms with van der Waals surface area (Å²) in [5.74, 6) is 0.512. The van der Waals surface area contributed by atoms with Gasteiger partial charge in [0.15, 0.2) is 0 Å². The highest BCUT2D eigenvalue weighted by Crippen LogP contribution is 2.13. The molecule has 104 valence electrons. The summed E-state index contributed by atoms with van der Waals surface area (Å²) in [4.78, 5) is 0. The van der Waals surface area contributed by atoms with Gasteiger partial charge in [-0.05, 0) is 18.8 Å². The Morgan fingerprint density at radius 1 is 1.00 bits per heavy atom. The van der Waals surface area contributed by atoms with E-state index in [0.29, 0.717) is 19.1 Å². The molecule has 0 N–H and O–H groups in total. The molecule has 0 aliphatic carbocycles. The van der Waals surface area contributed by atoms with E-state index in [1.165, 1.54) is 12.8 Å². The first-order valence-electron chi connectivity index (χ1n) is 6.92. The molecule has 0 bridgehead atoms. The Morgan fingerprint density at radius 3 is 2.29 bits per heavy atom. The maximum absolute atomic E-state index is 11.4. The van der Waals surface area contributed by atoms with E-state index in [0.717, 1.165) is 32.1 Å². The molecule has 0 amide bonds. The van der Waals surface area contributed by atoms with E-state index in [9.17, 15) is 4.21 Å². The zero-order valence-electron chi connectivity index (χ0n) is 11.6. The first-order valence-corrected chi connectivity index (χ1v) is 7.92. The third-order valence-corrected chi connectivity index (χ3v) is 3.56. The second kappa shape index (κ2) is 12.5. The zero-order valence-corrected chi connectivity index (χ0v) is 12.4. The summed E-state index contributed by atoms with van der Waals surface area (Å²) in [5.41, 5.74) is 0. The van der Waals surface area contributed by atoms with E-state index >= 15 is 0 Å². The van der Waals surface area contributed by atoms with Gasteiger partial charge in [-0.25, -0.2) is 0 Å². The Hall–Kier alpha value is 0.0700. The molecule has 0 rings (SSSR count). The maximum Gasteiger partial charge on any atom is 0.304 e. The van der Waals surface area contributed by atoms with Gasteiger partial charge in [-0.15, -0.1) is 0 Å². The molecule has 0 aromatic carbocycles. The maximum atomic E-state index is 11.4. The second-order valence-corrected chi connectivity index (χ2v) is 5.31. The summed E-state index contributed by atoms with van der Waals surface area (Å²) in [6, 6.07) is 0. The van der Waals surface area contributed by atoms with Crippen molar-refractivity contribution in [2.75, 3.05) is 13.2 Å². The first kappa shape index (κ1) is 17.1. The fourth-order valence-corrected chi connectivity index (χ4v) is 2.19. The van der Waals surface area contributed by atoms with Gasteiger partial charge < -0.3 is 0 Å². The molecular formula is C13H28O3S. The predicted molar refractivity (Wildman–Crippen MR) is 72.9 cm³/mol. The third kappa shape index (κ3) is 10.9. The second-order valence-electron chi connectivity index (χ2n) is 4.43. The van der Waals surface area contributed by atoms with Crippen molar-refractivity contribution >= 4 is 11.4 Å². The van der Waals surface area contributed by atoms with Crippen LogP contribution in [-0.4, -0.2) is 17.4 Å². The van der Waals surface area contributed by atoms with Crippen molar-refractivity contribution in [3.63, 3.8) is 0 Å². The lowest BCUT2D eigenvalue weighted by Gasteiger charge is -2.13. The van der Waals surface area contributed by atoms with Crippen LogP contribution >= 0.6 is 0 Å². The van der Waals surface area contributed by atoms with Crippen LogP contribution in [0.5, 0.6) is 0 Å². The SMILES string of the molecule is CCCCCOS(=O)OCC(CC)CCCC. The fraction of sp³-hybridized carbons (Fsp3) is 1.00. The summed E-state index contributed by atoms with van der Waals surface area (Å²) in [6.45, 7) is 7.55. The highest BCUT2D eigenvalue weighted by atomic mass is 32.2. The lowest BCUT2D eigenvalue weighted by atomic mass is 10.0. The molecule has 0 saturated heterocycles. The van der Waals surface area contributed by atoms with Gasteiger partial charge in [-0.1, -0.05) is 52.9 Å². The lowest BCUT2D eigenvalue weighted by Crippen LogP contribution is -2.12. The fourth-order valence-electron chi connectivity index (χ4n) is 1.56. The highest BCUT2D eigenvalue weighted by Gasteiger charge is 2.09. The Bertz CT molecular complexity index is 186. The molecule has 2 unspecified atom stereocenters. The van der Waals surface area contributed by atoms with Crippen molar-refractivity contribution in [1.29, 1.82) is 0 Å². The number of hydrogen-bond donors (Lipinski definition) is 0. The summed E-state index contributed by atoms with van der Waals surface area (Å²) in [7, 11) is 0. The minimum absolute atomic E-state index is 0.512. The van der Waals surface area contributed by atoms with Crippen LogP contribution in [0.1, 0.15) is 65.7 Å². The molecule has 0 radical (unpaired) electrons. The predicted octanol–water partition coefficient (Wildman–Crippen LogP) is 4.00. The molecule has 0 aromatic rings. The van der Waals surface area contributed by atoms with E-state index < -0.39 is 11.4 Å². The summed E-state index contributed by atoms with van der Waals surface area (Å²) < 4.78 is 21.7. The standard InChI is InChI=1S/C13H28O3S/c1-4-7-9-11-15-17(14)16-12-13(6-3)10-8-5-2/h13H,4-12H2,1-3H3. The smallest absolute Gasteiger partial charge is 0.268 e. The van der Waals surface area contributed by atoms with E-state index in [1.807, 2.05) is 0 Å². The average molecular weight is 264 g/mol. The van der Waals surface area contributed by atoms with Gasteiger partial charge in [0.2, 0.25) is 0 Å². The van der Waals surface area contributed by atoms with Crippen molar-refractivity contribution in [3.8, 4) is 0 Å². The van der Waals surface area contributed by atoms with Crippen LogP contribution in [0.4, 0.5) is 0 Å². The van der Waals surface area contributed by atoms with Crippen molar-refractivity contribution in [3.05, 3.63) is 0 Å². The van der Waals surface area contributed by atoms with Gasteiger partial charge >= 0.3 is 11.4 Å². The van der Waals surface area contributed by atoms with Crippen LogP contribution in [0.2, 0.25) is 0 Å². The molecule has 17 heavy (non-hydrogen) atoms. The molecule has 3 nitrogen and oxygen atoms in total. The molecule has 0 heterocycles. The largest absolute Gasteiger partial charge is 0.304 e. The molecule has 4 heteroatoms. The monoisotopic (exact) mass is 264 g/mol. The van der Waals surface area contributed by atoms with Crippen LogP contribution in [0.25, 0.3) is 0 Å². The van der Waals surface area contributed by atoms with Gasteiger partial charge in [0, 0.05) is 0 Å². The number of unbranched alkanes of at least 4 members (excludes halogenated alkanes) is 3. The minimum Gasteiger partial charge on any atom is -0.268 e. The van der Waals surface area contributed by atoms with E-state index in [1.54, 1.807) is 0 Å². The van der Waals surface area contributed by atoms with Crippen LogP contribution in [0.3, 0.4) is 0 Å². The summed E-state index contributed by atoms with van der Waals surface area (Å²) >= 11 is -1.55. The quantitative estimate of drug-likeness (QED) is 0.500. The molecule has 0 spiro atoms. The average Bonchev–Trinajstić information content (AvgIpc) is 2.35. The van der Waals surface area contributed by atoms with Gasteiger partial charge in [0.1, 0.15) is 0 Å². The van der Waals surface area contributed by atoms with Gasteiger partial charge in [0.05, 0.1) is 13.2 Å². The Kier molecular flexibility index (Phi) is 12.6. The zero-order chi connectivity index (χ0) is 12.9. The summed E-state index contributed by atoms with van der Waals surface area (Å²) in [6.07, 6.45) is 7.86. The van der Waals surface area contributed by atoms with E-state index in [-0.39, 0.29) is 0 Å². The lowest BCUT2D eigenvalue weighted by molar-refractivity contribution is 0.205. The van der Waals surface area contributed by atoms with Crippen molar-refractivity contribution in [2.45, 2.75) is 65.7 Å². The van der Waals surface area contributed by atoms with Crippen molar-refractivity contribution in [2.24, 2.45) is 5.92 Å². The highest BCUT2D eigenvalue weighted by molar-refractivity contribution is 7.75. The van der Waals surface area contributed by atoms with Crippen molar-refractivity contribution < 1.29 is 12.6 Å². The molecular weight excluding hydrogens is 236 g/mol. The molecule has 0 saturated carbocycles. The molecule has 0 aliphatic rings. The molecule has 2 atom stereocenters. The molecule has 0 aliphatic heterocycles. The van der Waals surface area contributed by atoms with Crippen molar-refractivity contribution in [1.82, 2.24) is 0 Å². The van der Waals surface area contributed by atoms with E-state index in [4.69, 9.17) is 8.37 Å². The topological polar surface area (TPSA) is 35.5 Å². The minimum atomic E-state index is -1.55. The van der Waals surface area contributed by atoms with Gasteiger partial charge in [-0.3, -0.25) is 8.37 Å².